The quantitative estimate of drug-likeness (QED) is 0.669. The van der Waals surface area contributed by atoms with E-state index in [0.717, 1.165) is 37.2 Å². The second kappa shape index (κ2) is 7.09. The highest BCUT2D eigenvalue weighted by Gasteiger charge is 2.29. The van der Waals surface area contributed by atoms with Crippen molar-refractivity contribution in [1.29, 1.82) is 0 Å². The average molecular weight is 313 g/mol. The summed E-state index contributed by atoms with van der Waals surface area (Å²) in [6.07, 6.45) is 4.62. The molecule has 1 atom stereocenters. The van der Waals surface area contributed by atoms with Crippen molar-refractivity contribution in [3.05, 3.63) is 33.9 Å². The number of hydrogen-bond donors (Lipinski definition) is 1. The summed E-state index contributed by atoms with van der Waals surface area (Å²) in [6, 6.07) is 4.99. The van der Waals surface area contributed by atoms with E-state index in [9.17, 15) is 10.1 Å². The average Bonchev–Trinajstić information content (AvgIpc) is 3.30. The van der Waals surface area contributed by atoms with Crippen molar-refractivity contribution < 1.29 is 9.66 Å². The Morgan fingerprint density at radius 2 is 2.14 bits per heavy atom. The van der Waals surface area contributed by atoms with Gasteiger partial charge in [0.15, 0.2) is 0 Å². The summed E-state index contributed by atoms with van der Waals surface area (Å²) >= 11 is 0. The van der Waals surface area contributed by atoms with Gasteiger partial charge in [0.1, 0.15) is 5.75 Å². The molecule has 21 heavy (non-hydrogen) atoms. The molecule has 2 aliphatic rings. The Labute approximate surface area is 130 Å². The standard InChI is InChI=1S/C15H20N2O3.ClH/c18-17(19)13-5-6-15(14(8-13)12-3-4-12)20-10-11-2-1-7-16-9-11;/h5-6,8,11-12,16H,1-4,7,9-10H2;1H. The molecule has 1 unspecified atom stereocenters. The summed E-state index contributed by atoms with van der Waals surface area (Å²) in [6.45, 7) is 2.80. The topological polar surface area (TPSA) is 64.4 Å². The summed E-state index contributed by atoms with van der Waals surface area (Å²) < 4.78 is 5.95. The Balaban J connectivity index is 0.00000161. The first-order valence-electron chi connectivity index (χ1n) is 7.36. The van der Waals surface area contributed by atoms with Crippen LogP contribution in [0.3, 0.4) is 0 Å². The van der Waals surface area contributed by atoms with E-state index in [-0.39, 0.29) is 23.0 Å². The van der Waals surface area contributed by atoms with Crippen LogP contribution in [-0.2, 0) is 0 Å². The summed E-state index contributed by atoms with van der Waals surface area (Å²) in [5.41, 5.74) is 1.18. The molecule has 0 amide bonds. The zero-order chi connectivity index (χ0) is 13.9. The van der Waals surface area contributed by atoms with E-state index >= 15 is 0 Å². The Morgan fingerprint density at radius 3 is 2.76 bits per heavy atom. The molecule has 1 saturated heterocycles. The van der Waals surface area contributed by atoms with Crippen LogP contribution in [0.5, 0.6) is 5.75 Å². The molecule has 1 saturated carbocycles. The molecule has 1 aliphatic heterocycles. The van der Waals surface area contributed by atoms with E-state index in [1.807, 2.05) is 0 Å². The van der Waals surface area contributed by atoms with Gasteiger partial charge in [-0.3, -0.25) is 10.1 Å². The van der Waals surface area contributed by atoms with Gasteiger partial charge in [0.05, 0.1) is 11.5 Å². The van der Waals surface area contributed by atoms with Crippen LogP contribution in [-0.4, -0.2) is 24.6 Å². The molecular formula is C15H21ClN2O3. The van der Waals surface area contributed by atoms with Crippen molar-refractivity contribution in [3.8, 4) is 5.75 Å². The fraction of sp³-hybridized carbons (Fsp3) is 0.600. The van der Waals surface area contributed by atoms with Gasteiger partial charge >= 0.3 is 0 Å². The normalized spacial score (nSPS) is 21.4. The fourth-order valence-electron chi connectivity index (χ4n) is 2.77. The minimum Gasteiger partial charge on any atom is -0.493 e. The molecule has 0 bridgehead atoms. The van der Waals surface area contributed by atoms with Crippen LogP contribution in [0.25, 0.3) is 0 Å². The van der Waals surface area contributed by atoms with Crippen LogP contribution in [0, 0.1) is 16.0 Å². The lowest BCUT2D eigenvalue weighted by atomic mass is 10.0. The molecule has 116 valence electrons. The van der Waals surface area contributed by atoms with Gasteiger partial charge in [-0.25, -0.2) is 0 Å². The van der Waals surface area contributed by atoms with E-state index in [0.29, 0.717) is 18.4 Å². The van der Waals surface area contributed by atoms with Gasteiger partial charge in [-0.2, -0.15) is 0 Å². The predicted octanol–water partition coefficient (Wildman–Crippen LogP) is 3.27. The first-order chi connectivity index (χ1) is 9.74. The lowest BCUT2D eigenvalue weighted by Crippen LogP contribution is -2.33. The number of nitro benzene ring substituents is 1. The van der Waals surface area contributed by atoms with Gasteiger partial charge in [0, 0.05) is 30.2 Å². The Hall–Kier alpha value is -1.33. The minimum absolute atomic E-state index is 0. The van der Waals surface area contributed by atoms with Gasteiger partial charge < -0.3 is 10.1 Å². The van der Waals surface area contributed by atoms with Gasteiger partial charge in [-0.1, -0.05) is 0 Å². The van der Waals surface area contributed by atoms with Crippen LogP contribution in [0.1, 0.15) is 37.2 Å². The third-order valence-corrected chi connectivity index (χ3v) is 4.09. The van der Waals surface area contributed by atoms with Gasteiger partial charge in [0.25, 0.3) is 5.69 Å². The molecule has 3 rings (SSSR count). The molecule has 2 fully saturated rings. The number of ether oxygens (including phenoxy) is 1. The van der Waals surface area contributed by atoms with E-state index in [2.05, 4.69) is 5.32 Å². The van der Waals surface area contributed by atoms with Crippen molar-refractivity contribution in [2.75, 3.05) is 19.7 Å². The largest absolute Gasteiger partial charge is 0.493 e. The highest BCUT2D eigenvalue weighted by Crippen LogP contribution is 2.45. The van der Waals surface area contributed by atoms with Crippen molar-refractivity contribution in [1.82, 2.24) is 5.32 Å². The Bertz CT molecular complexity index is 500. The molecule has 0 aromatic heterocycles. The smallest absolute Gasteiger partial charge is 0.269 e. The predicted molar refractivity (Wildman–Crippen MR) is 83.4 cm³/mol. The van der Waals surface area contributed by atoms with Crippen molar-refractivity contribution in [2.45, 2.75) is 31.6 Å². The first kappa shape index (κ1) is 16.0. The van der Waals surface area contributed by atoms with Gasteiger partial charge in [0.2, 0.25) is 0 Å². The monoisotopic (exact) mass is 312 g/mol. The molecule has 5 nitrogen and oxygen atoms in total. The number of halogens is 1. The molecule has 0 radical (unpaired) electrons. The number of rotatable bonds is 5. The second-order valence-electron chi connectivity index (χ2n) is 5.78. The third kappa shape index (κ3) is 4.08. The highest BCUT2D eigenvalue weighted by atomic mass is 35.5. The lowest BCUT2D eigenvalue weighted by Gasteiger charge is -2.23. The van der Waals surface area contributed by atoms with Crippen LogP contribution >= 0.6 is 12.4 Å². The highest BCUT2D eigenvalue weighted by molar-refractivity contribution is 5.85. The summed E-state index contributed by atoms with van der Waals surface area (Å²) in [7, 11) is 0. The van der Waals surface area contributed by atoms with Crippen molar-refractivity contribution in [2.24, 2.45) is 5.92 Å². The van der Waals surface area contributed by atoms with Crippen LogP contribution in [0.15, 0.2) is 18.2 Å². The number of non-ortho nitro benzene ring substituents is 1. The molecule has 6 heteroatoms. The number of piperidine rings is 1. The maximum Gasteiger partial charge on any atom is 0.269 e. The molecule has 1 heterocycles. The Kier molecular flexibility index (Phi) is 5.42. The van der Waals surface area contributed by atoms with Crippen LogP contribution < -0.4 is 10.1 Å². The lowest BCUT2D eigenvalue weighted by molar-refractivity contribution is -0.384. The number of nitro groups is 1. The fourth-order valence-corrected chi connectivity index (χ4v) is 2.77. The second-order valence-corrected chi connectivity index (χ2v) is 5.78. The van der Waals surface area contributed by atoms with Gasteiger partial charge in [-0.05, 0) is 44.2 Å². The molecule has 1 aromatic rings. The van der Waals surface area contributed by atoms with E-state index in [1.165, 1.54) is 12.8 Å². The zero-order valence-corrected chi connectivity index (χ0v) is 12.7. The molecular weight excluding hydrogens is 292 g/mol. The maximum absolute atomic E-state index is 10.9. The third-order valence-electron chi connectivity index (χ3n) is 4.09. The van der Waals surface area contributed by atoms with Crippen molar-refractivity contribution in [3.63, 3.8) is 0 Å². The van der Waals surface area contributed by atoms with Crippen LogP contribution in [0.2, 0.25) is 0 Å². The maximum atomic E-state index is 10.9. The van der Waals surface area contributed by atoms with E-state index in [1.54, 1.807) is 18.2 Å². The number of nitrogens with zero attached hydrogens (tertiary/aromatic N) is 1. The van der Waals surface area contributed by atoms with Gasteiger partial charge in [-0.15, -0.1) is 12.4 Å². The van der Waals surface area contributed by atoms with Crippen molar-refractivity contribution >= 4 is 18.1 Å². The van der Waals surface area contributed by atoms with Crippen LogP contribution in [0.4, 0.5) is 5.69 Å². The minimum atomic E-state index is -0.333. The SMILES string of the molecule is Cl.O=[N+]([O-])c1ccc(OCC2CCCNC2)c(C2CC2)c1. The first-order valence-corrected chi connectivity index (χ1v) is 7.36. The number of hydrogen-bond acceptors (Lipinski definition) is 4. The Morgan fingerprint density at radius 1 is 1.33 bits per heavy atom. The van der Waals surface area contributed by atoms with E-state index < -0.39 is 0 Å². The molecule has 1 aromatic carbocycles. The summed E-state index contributed by atoms with van der Waals surface area (Å²) in [4.78, 5) is 10.5. The number of nitrogens with one attached hydrogen (secondary N) is 1. The molecule has 1 N–H and O–H groups in total. The number of benzene rings is 1. The zero-order valence-electron chi connectivity index (χ0n) is 11.9. The summed E-state index contributed by atoms with van der Waals surface area (Å²) in [5, 5.41) is 14.2. The molecule has 0 spiro atoms. The van der Waals surface area contributed by atoms with E-state index in [4.69, 9.17) is 4.74 Å². The summed E-state index contributed by atoms with van der Waals surface area (Å²) in [5.74, 6) is 1.84. The molecule has 1 aliphatic carbocycles.